The van der Waals surface area contributed by atoms with Crippen LogP contribution in [-0.4, -0.2) is 35.0 Å². The van der Waals surface area contributed by atoms with Crippen molar-refractivity contribution in [2.45, 2.75) is 20.8 Å². The minimum atomic E-state index is -0.329. The quantitative estimate of drug-likeness (QED) is 0.691. The largest absolute Gasteiger partial charge is 0.360 e. The van der Waals surface area contributed by atoms with Crippen LogP contribution in [0.1, 0.15) is 40.3 Å². The standard InChI is InChI=1S/C22H23N3O3/c1-4-25(5-2)22(27)17-12-9-13-18(14-17)23-21(26)19-15(3)28-24-20(19)16-10-7-6-8-11-16/h6-14H,4-5H2,1-3H3,(H,23,26). The second-order valence-electron chi connectivity index (χ2n) is 6.34. The monoisotopic (exact) mass is 377 g/mol. The molecule has 0 aliphatic heterocycles. The Bertz CT molecular complexity index is 976. The van der Waals surface area contributed by atoms with Crippen LogP contribution in [0.5, 0.6) is 0 Å². The lowest BCUT2D eigenvalue weighted by atomic mass is 10.1. The van der Waals surface area contributed by atoms with Gasteiger partial charge in [-0.25, -0.2) is 0 Å². The molecule has 0 radical (unpaired) electrons. The Morgan fingerprint density at radius 2 is 1.75 bits per heavy atom. The van der Waals surface area contributed by atoms with E-state index in [2.05, 4.69) is 10.5 Å². The normalized spacial score (nSPS) is 10.5. The predicted octanol–water partition coefficient (Wildman–Crippen LogP) is 4.38. The third-order valence-corrected chi connectivity index (χ3v) is 4.56. The fourth-order valence-corrected chi connectivity index (χ4v) is 3.05. The molecule has 6 heteroatoms. The molecule has 144 valence electrons. The van der Waals surface area contributed by atoms with Crippen LogP contribution < -0.4 is 5.32 Å². The molecular weight excluding hydrogens is 354 g/mol. The van der Waals surface area contributed by atoms with Gasteiger partial charge in [0.25, 0.3) is 11.8 Å². The molecule has 2 amide bonds. The Labute approximate surface area is 164 Å². The van der Waals surface area contributed by atoms with Crippen LogP contribution in [0.3, 0.4) is 0 Å². The zero-order valence-corrected chi connectivity index (χ0v) is 16.2. The number of aryl methyl sites for hydroxylation is 1. The van der Waals surface area contributed by atoms with Crippen molar-refractivity contribution >= 4 is 17.5 Å². The van der Waals surface area contributed by atoms with E-state index in [-0.39, 0.29) is 11.8 Å². The van der Waals surface area contributed by atoms with Gasteiger partial charge >= 0.3 is 0 Å². The van der Waals surface area contributed by atoms with Crippen molar-refractivity contribution in [2.24, 2.45) is 0 Å². The summed E-state index contributed by atoms with van der Waals surface area (Å²) in [5.41, 5.74) is 2.75. The van der Waals surface area contributed by atoms with Crippen molar-refractivity contribution in [3.05, 3.63) is 71.5 Å². The summed E-state index contributed by atoms with van der Waals surface area (Å²) in [6.45, 7) is 6.84. The molecule has 0 atom stereocenters. The molecule has 1 N–H and O–H groups in total. The van der Waals surface area contributed by atoms with E-state index in [1.807, 2.05) is 44.2 Å². The van der Waals surface area contributed by atoms with Gasteiger partial charge in [-0.3, -0.25) is 9.59 Å². The highest BCUT2D eigenvalue weighted by atomic mass is 16.5. The third kappa shape index (κ3) is 3.96. The molecule has 1 aromatic heterocycles. The maximum atomic E-state index is 12.9. The molecule has 0 aliphatic rings. The highest BCUT2D eigenvalue weighted by molar-refractivity contribution is 6.09. The SMILES string of the molecule is CCN(CC)C(=O)c1cccc(NC(=O)c2c(-c3ccccc3)noc2C)c1. The van der Waals surface area contributed by atoms with Crippen molar-refractivity contribution in [3.63, 3.8) is 0 Å². The number of carbonyl (C=O) groups is 2. The van der Waals surface area contributed by atoms with Gasteiger partial charge in [0.05, 0.1) is 0 Å². The third-order valence-electron chi connectivity index (χ3n) is 4.56. The van der Waals surface area contributed by atoms with E-state index < -0.39 is 0 Å². The summed E-state index contributed by atoms with van der Waals surface area (Å²) in [5, 5.41) is 6.90. The first-order valence-corrected chi connectivity index (χ1v) is 9.27. The molecule has 0 aliphatic carbocycles. The van der Waals surface area contributed by atoms with E-state index in [4.69, 9.17) is 4.52 Å². The van der Waals surface area contributed by atoms with E-state index in [1.165, 1.54) is 0 Å². The number of carbonyl (C=O) groups excluding carboxylic acids is 2. The van der Waals surface area contributed by atoms with Gasteiger partial charge in [-0.15, -0.1) is 0 Å². The lowest BCUT2D eigenvalue weighted by Crippen LogP contribution is -2.30. The topological polar surface area (TPSA) is 75.4 Å². The summed E-state index contributed by atoms with van der Waals surface area (Å²) >= 11 is 0. The molecular formula is C22H23N3O3. The van der Waals surface area contributed by atoms with Crippen molar-refractivity contribution in [3.8, 4) is 11.3 Å². The van der Waals surface area contributed by atoms with E-state index in [0.29, 0.717) is 41.4 Å². The van der Waals surface area contributed by atoms with E-state index in [9.17, 15) is 9.59 Å². The lowest BCUT2D eigenvalue weighted by molar-refractivity contribution is 0.0772. The number of aromatic nitrogens is 1. The van der Waals surface area contributed by atoms with E-state index >= 15 is 0 Å². The molecule has 28 heavy (non-hydrogen) atoms. The number of hydrogen-bond acceptors (Lipinski definition) is 4. The zero-order valence-electron chi connectivity index (χ0n) is 16.2. The summed E-state index contributed by atoms with van der Waals surface area (Å²) in [4.78, 5) is 27.2. The first kappa shape index (κ1) is 19.4. The average Bonchev–Trinajstić information content (AvgIpc) is 3.11. The van der Waals surface area contributed by atoms with Gasteiger partial charge < -0.3 is 14.7 Å². The number of rotatable bonds is 6. The van der Waals surface area contributed by atoms with Gasteiger partial charge in [-0.2, -0.15) is 0 Å². The molecule has 3 aromatic rings. The molecule has 0 saturated carbocycles. The van der Waals surface area contributed by atoms with Gasteiger partial charge in [0, 0.05) is 29.9 Å². The summed E-state index contributed by atoms with van der Waals surface area (Å²) in [7, 11) is 0. The lowest BCUT2D eigenvalue weighted by Gasteiger charge is -2.19. The molecule has 2 aromatic carbocycles. The van der Waals surface area contributed by atoms with Gasteiger partial charge in [-0.1, -0.05) is 41.6 Å². The molecule has 3 rings (SSSR count). The second kappa shape index (κ2) is 8.52. The fraction of sp³-hybridized carbons (Fsp3) is 0.227. The number of nitrogens with one attached hydrogen (secondary N) is 1. The second-order valence-corrected chi connectivity index (χ2v) is 6.34. The highest BCUT2D eigenvalue weighted by Gasteiger charge is 2.22. The summed E-state index contributed by atoms with van der Waals surface area (Å²) in [5.74, 6) is 0.0454. The summed E-state index contributed by atoms with van der Waals surface area (Å²) in [6.07, 6.45) is 0. The van der Waals surface area contributed by atoms with Crippen LogP contribution in [0, 0.1) is 6.92 Å². The maximum Gasteiger partial charge on any atom is 0.261 e. The Morgan fingerprint density at radius 1 is 1.04 bits per heavy atom. The Morgan fingerprint density at radius 3 is 2.43 bits per heavy atom. The van der Waals surface area contributed by atoms with E-state index in [1.54, 1.807) is 36.1 Å². The molecule has 0 bridgehead atoms. The first-order valence-electron chi connectivity index (χ1n) is 9.27. The van der Waals surface area contributed by atoms with Gasteiger partial charge in [-0.05, 0) is 39.0 Å². The van der Waals surface area contributed by atoms with Gasteiger partial charge in [0.2, 0.25) is 0 Å². The molecule has 0 fully saturated rings. The molecule has 0 spiro atoms. The molecule has 6 nitrogen and oxygen atoms in total. The zero-order chi connectivity index (χ0) is 20.1. The minimum Gasteiger partial charge on any atom is -0.360 e. The Balaban J connectivity index is 1.86. The summed E-state index contributed by atoms with van der Waals surface area (Å²) < 4.78 is 5.26. The van der Waals surface area contributed by atoms with Crippen LogP contribution in [0.2, 0.25) is 0 Å². The van der Waals surface area contributed by atoms with Crippen LogP contribution in [0.4, 0.5) is 5.69 Å². The number of benzene rings is 2. The predicted molar refractivity (Wildman–Crippen MR) is 108 cm³/mol. The Kier molecular flexibility index (Phi) is 5.89. The highest BCUT2D eigenvalue weighted by Crippen LogP contribution is 2.26. The van der Waals surface area contributed by atoms with Crippen LogP contribution >= 0.6 is 0 Å². The minimum absolute atomic E-state index is 0.0627. The van der Waals surface area contributed by atoms with Gasteiger partial charge in [0.15, 0.2) is 0 Å². The maximum absolute atomic E-state index is 12.9. The molecule has 0 saturated heterocycles. The smallest absolute Gasteiger partial charge is 0.261 e. The van der Waals surface area contributed by atoms with Crippen molar-refractivity contribution in [1.82, 2.24) is 10.1 Å². The van der Waals surface area contributed by atoms with Crippen LogP contribution in [0.15, 0.2) is 59.1 Å². The van der Waals surface area contributed by atoms with E-state index in [0.717, 1.165) is 5.56 Å². The number of nitrogens with zero attached hydrogens (tertiary/aromatic N) is 2. The van der Waals surface area contributed by atoms with Crippen LogP contribution in [-0.2, 0) is 0 Å². The number of anilines is 1. The molecule has 1 heterocycles. The Hall–Kier alpha value is -3.41. The number of amides is 2. The average molecular weight is 377 g/mol. The van der Waals surface area contributed by atoms with Crippen molar-refractivity contribution < 1.29 is 14.1 Å². The van der Waals surface area contributed by atoms with Crippen molar-refractivity contribution in [1.29, 1.82) is 0 Å². The van der Waals surface area contributed by atoms with Crippen LogP contribution in [0.25, 0.3) is 11.3 Å². The van der Waals surface area contributed by atoms with Crippen molar-refractivity contribution in [2.75, 3.05) is 18.4 Å². The number of hydrogen-bond donors (Lipinski definition) is 1. The van der Waals surface area contributed by atoms with Gasteiger partial charge in [0.1, 0.15) is 17.0 Å². The summed E-state index contributed by atoms with van der Waals surface area (Å²) in [6, 6.07) is 16.3. The first-order chi connectivity index (χ1) is 13.5. The molecule has 0 unspecified atom stereocenters. The fourth-order valence-electron chi connectivity index (χ4n) is 3.05.